The van der Waals surface area contributed by atoms with Crippen LogP contribution in [0.4, 0.5) is 4.39 Å². The third-order valence-electron chi connectivity index (χ3n) is 1.88. The van der Waals surface area contributed by atoms with E-state index in [1.807, 2.05) is 0 Å². The second kappa shape index (κ2) is 3.16. The number of hydrogen-bond donors (Lipinski definition) is 2. The van der Waals surface area contributed by atoms with E-state index in [9.17, 15) is 14.3 Å². The number of carbonyl (C=O) groups is 1. The van der Waals surface area contributed by atoms with Crippen molar-refractivity contribution in [3.8, 4) is 5.75 Å². The van der Waals surface area contributed by atoms with Gasteiger partial charge in [0.05, 0.1) is 5.52 Å². The summed E-state index contributed by atoms with van der Waals surface area (Å²) in [5, 5.41) is 18.2. The van der Waals surface area contributed by atoms with Gasteiger partial charge in [0.2, 0.25) is 5.95 Å². The topological polar surface area (TPSA) is 83.3 Å². The van der Waals surface area contributed by atoms with E-state index in [2.05, 4.69) is 9.97 Å². The molecule has 2 rings (SSSR count). The summed E-state index contributed by atoms with van der Waals surface area (Å²) in [6.45, 7) is 0. The first kappa shape index (κ1) is 9.32. The number of nitrogens with zero attached hydrogens (tertiary/aromatic N) is 2. The number of aromatic nitrogens is 2. The van der Waals surface area contributed by atoms with Crippen molar-refractivity contribution >= 4 is 17.0 Å². The van der Waals surface area contributed by atoms with E-state index in [-0.39, 0.29) is 11.0 Å². The van der Waals surface area contributed by atoms with E-state index in [1.54, 1.807) is 0 Å². The van der Waals surface area contributed by atoms with Crippen LogP contribution in [0.3, 0.4) is 0 Å². The van der Waals surface area contributed by atoms with Gasteiger partial charge >= 0.3 is 5.97 Å². The van der Waals surface area contributed by atoms with Crippen molar-refractivity contribution in [2.45, 2.75) is 0 Å². The maximum absolute atomic E-state index is 12.8. The molecule has 0 unspecified atom stereocenters. The van der Waals surface area contributed by atoms with Gasteiger partial charge in [-0.2, -0.15) is 4.39 Å². The normalized spacial score (nSPS) is 10.5. The number of carboxylic acid groups (broad SMARTS) is 1. The van der Waals surface area contributed by atoms with Gasteiger partial charge in [-0.05, 0) is 12.1 Å². The highest BCUT2D eigenvalue weighted by molar-refractivity contribution is 5.96. The summed E-state index contributed by atoms with van der Waals surface area (Å²) < 4.78 is 12.8. The van der Waals surface area contributed by atoms with Crippen LogP contribution < -0.4 is 0 Å². The Morgan fingerprint density at radius 1 is 1.40 bits per heavy atom. The standard InChI is InChI=1S/C9H5FN2O3/c10-6-2-1-5-7(12-6)8(13)4(3-11-5)9(14)15/h1-3H,(H,11,13)(H,14,15). The fourth-order valence-corrected chi connectivity index (χ4v) is 1.19. The molecule has 6 heteroatoms. The summed E-state index contributed by atoms with van der Waals surface area (Å²) in [6, 6.07) is 2.39. The average molecular weight is 208 g/mol. The Morgan fingerprint density at radius 3 is 2.80 bits per heavy atom. The smallest absolute Gasteiger partial charge is 0.341 e. The fraction of sp³-hybridized carbons (Fsp3) is 0. The minimum absolute atomic E-state index is 0.157. The lowest BCUT2D eigenvalue weighted by Gasteiger charge is -2.02. The number of rotatable bonds is 1. The molecule has 0 aliphatic carbocycles. The highest BCUT2D eigenvalue weighted by Crippen LogP contribution is 2.25. The molecule has 2 aromatic heterocycles. The zero-order valence-corrected chi connectivity index (χ0v) is 7.31. The third-order valence-corrected chi connectivity index (χ3v) is 1.88. The summed E-state index contributed by atoms with van der Waals surface area (Å²) in [5.41, 5.74) is -0.325. The molecule has 15 heavy (non-hydrogen) atoms. The van der Waals surface area contributed by atoms with Crippen LogP contribution in [0, 0.1) is 5.95 Å². The molecule has 0 saturated heterocycles. The monoisotopic (exact) mass is 208 g/mol. The van der Waals surface area contributed by atoms with Gasteiger partial charge in [-0.3, -0.25) is 4.98 Å². The van der Waals surface area contributed by atoms with Gasteiger partial charge in [0, 0.05) is 6.20 Å². The lowest BCUT2D eigenvalue weighted by Crippen LogP contribution is -1.99. The Balaban J connectivity index is 2.82. The Labute approximate surface area is 82.8 Å². The molecule has 0 aliphatic heterocycles. The average Bonchev–Trinajstić information content (AvgIpc) is 2.19. The Hall–Kier alpha value is -2.24. The first-order valence-corrected chi connectivity index (χ1v) is 3.97. The summed E-state index contributed by atoms with van der Waals surface area (Å²) in [4.78, 5) is 17.7. The summed E-state index contributed by atoms with van der Waals surface area (Å²) in [5.74, 6) is -2.72. The van der Waals surface area contributed by atoms with Crippen molar-refractivity contribution in [2.24, 2.45) is 0 Å². The van der Waals surface area contributed by atoms with Crippen molar-refractivity contribution < 1.29 is 19.4 Å². The minimum atomic E-state index is -1.34. The van der Waals surface area contributed by atoms with Gasteiger partial charge < -0.3 is 10.2 Å². The molecule has 2 heterocycles. The maximum atomic E-state index is 12.8. The van der Waals surface area contributed by atoms with E-state index in [0.29, 0.717) is 0 Å². The summed E-state index contributed by atoms with van der Waals surface area (Å²) >= 11 is 0. The SMILES string of the molecule is O=C(O)c1cnc2ccc(F)nc2c1O. The predicted octanol–water partition coefficient (Wildman–Crippen LogP) is 1.17. The molecule has 0 amide bonds. The van der Waals surface area contributed by atoms with Crippen LogP contribution in [0.1, 0.15) is 10.4 Å². The molecule has 2 aromatic rings. The van der Waals surface area contributed by atoms with Gasteiger partial charge in [0.25, 0.3) is 0 Å². The van der Waals surface area contributed by atoms with E-state index < -0.39 is 23.2 Å². The zero-order valence-electron chi connectivity index (χ0n) is 7.31. The van der Waals surface area contributed by atoms with Crippen LogP contribution in [0.2, 0.25) is 0 Å². The molecule has 0 radical (unpaired) electrons. The van der Waals surface area contributed by atoms with Gasteiger partial charge in [-0.1, -0.05) is 0 Å². The van der Waals surface area contributed by atoms with Crippen LogP contribution in [0.5, 0.6) is 5.75 Å². The minimum Gasteiger partial charge on any atom is -0.505 e. The fourth-order valence-electron chi connectivity index (χ4n) is 1.19. The van der Waals surface area contributed by atoms with Gasteiger partial charge in [-0.25, -0.2) is 9.78 Å². The van der Waals surface area contributed by atoms with Crippen LogP contribution in [0.15, 0.2) is 18.3 Å². The number of halogens is 1. The molecule has 0 atom stereocenters. The van der Waals surface area contributed by atoms with Crippen molar-refractivity contribution in [3.05, 3.63) is 29.8 Å². The molecular formula is C9H5FN2O3. The predicted molar refractivity (Wildman–Crippen MR) is 48.1 cm³/mol. The number of pyridine rings is 2. The van der Waals surface area contributed by atoms with Crippen molar-refractivity contribution in [1.82, 2.24) is 9.97 Å². The molecular weight excluding hydrogens is 203 g/mol. The molecule has 2 N–H and O–H groups in total. The van der Waals surface area contributed by atoms with Crippen LogP contribution in [-0.4, -0.2) is 26.2 Å². The van der Waals surface area contributed by atoms with Crippen molar-refractivity contribution in [2.75, 3.05) is 0 Å². The molecule has 0 aliphatic rings. The quantitative estimate of drug-likeness (QED) is 0.687. The highest BCUT2D eigenvalue weighted by atomic mass is 19.1. The second-order valence-corrected chi connectivity index (χ2v) is 2.83. The lowest BCUT2D eigenvalue weighted by molar-refractivity contribution is 0.0693. The molecule has 76 valence electrons. The number of hydrogen-bond acceptors (Lipinski definition) is 4. The van der Waals surface area contributed by atoms with E-state index in [0.717, 1.165) is 12.3 Å². The zero-order chi connectivity index (χ0) is 11.0. The summed E-state index contributed by atoms with van der Waals surface area (Å²) in [7, 11) is 0. The highest BCUT2D eigenvalue weighted by Gasteiger charge is 2.14. The number of fused-ring (bicyclic) bond motifs is 1. The molecule has 0 saturated carbocycles. The Bertz CT molecular complexity index is 556. The lowest BCUT2D eigenvalue weighted by atomic mass is 10.2. The van der Waals surface area contributed by atoms with E-state index in [1.165, 1.54) is 6.07 Å². The number of carboxylic acids is 1. The van der Waals surface area contributed by atoms with Crippen LogP contribution in [0.25, 0.3) is 11.0 Å². The molecule has 5 nitrogen and oxygen atoms in total. The molecule has 0 fully saturated rings. The molecule has 0 aromatic carbocycles. The van der Waals surface area contributed by atoms with E-state index >= 15 is 0 Å². The van der Waals surface area contributed by atoms with Crippen molar-refractivity contribution in [1.29, 1.82) is 0 Å². The third kappa shape index (κ3) is 1.45. The Kier molecular flexibility index (Phi) is 1.96. The van der Waals surface area contributed by atoms with Gasteiger partial charge in [-0.15, -0.1) is 0 Å². The molecule has 0 spiro atoms. The first-order valence-electron chi connectivity index (χ1n) is 3.97. The number of aromatic carboxylic acids is 1. The summed E-state index contributed by atoms with van der Waals surface area (Å²) in [6.07, 6.45) is 1.000. The maximum Gasteiger partial charge on any atom is 0.341 e. The number of aromatic hydroxyl groups is 1. The van der Waals surface area contributed by atoms with Crippen LogP contribution in [-0.2, 0) is 0 Å². The molecule has 0 bridgehead atoms. The van der Waals surface area contributed by atoms with Gasteiger partial charge in [0.1, 0.15) is 11.1 Å². The Morgan fingerprint density at radius 2 is 2.13 bits per heavy atom. The van der Waals surface area contributed by atoms with Crippen LogP contribution >= 0.6 is 0 Å². The van der Waals surface area contributed by atoms with Crippen molar-refractivity contribution in [3.63, 3.8) is 0 Å². The first-order chi connectivity index (χ1) is 7.09. The second-order valence-electron chi connectivity index (χ2n) is 2.83. The van der Waals surface area contributed by atoms with E-state index in [4.69, 9.17) is 5.11 Å². The largest absolute Gasteiger partial charge is 0.505 e. The van der Waals surface area contributed by atoms with Gasteiger partial charge in [0.15, 0.2) is 5.75 Å².